The molecule has 1 rings (SSSR count). The number of alkyl halides is 3. The van der Waals surface area contributed by atoms with Crippen LogP contribution in [-0.2, 0) is 4.74 Å². The van der Waals surface area contributed by atoms with Crippen LogP contribution in [0.25, 0.3) is 0 Å². The van der Waals surface area contributed by atoms with E-state index in [1.165, 1.54) is 0 Å². The van der Waals surface area contributed by atoms with E-state index in [4.69, 9.17) is 34.8 Å². The van der Waals surface area contributed by atoms with E-state index in [0.717, 1.165) is 12.3 Å². The van der Waals surface area contributed by atoms with Crippen LogP contribution < -0.4 is 0 Å². The third-order valence-electron chi connectivity index (χ3n) is 0.939. The van der Waals surface area contributed by atoms with Gasteiger partial charge >= 0.3 is 0 Å². The molecule has 0 bridgehead atoms. The molecule has 0 saturated carbocycles. The highest BCUT2D eigenvalue weighted by atomic mass is 35.5. The molecule has 1 aliphatic heterocycles. The second-order valence-corrected chi connectivity index (χ2v) is 3.71. The fourth-order valence-electron chi connectivity index (χ4n) is 0.202. The summed E-state index contributed by atoms with van der Waals surface area (Å²) in [5.41, 5.74) is 0. The lowest BCUT2D eigenvalue weighted by atomic mass is 10.6. The lowest BCUT2D eigenvalue weighted by Crippen LogP contribution is -1.87. The van der Waals surface area contributed by atoms with E-state index < -0.39 is 4.52 Å². The van der Waals surface area contributed by atoms with Crippen molar-refractivity contribution in [2.24, 2.45) is 0 Å². The molecule has 4 heteroatoms. The Morgan fingerprint density at radius 1 is 1.50 bits per heavy atom. The van der Waals surface area contributed by atoms with Crippen LogP contribution in [0, 0.1) is 0 Å². The highest BCUT2D eigenvalue weighted by molar-refractivity contribution is 6.49. The molecule has 10 heavy (non-hydrogen) atoms. The third-order valence-corrected chi connectivity index (χ3v) is 2.11. The minimum absolute atomic E-state index is 0.0285. The molecule has 1 heterocycles. The highest BCUT2D eigenvalue weighted by Crippen LogP contribution is 2.43. The Balaban J connectivity index is 0.000000180. The highest BCUT2D eigenvalue weighted by Gasteiger charge is 2.50. The molecule has 0 aliphatic carbocycles. The lowest BCUT2D eigenvalue weighted by Gasteiger charge is -1.77. The van der Waals surface area contributed by atoms with Gasteiger partial charge in [-0.1, -0.05) is 30.1 Å². The van der Waals surface area contributed by atoms with Crippen molar-refractivity contribution < 1.29 is 4.74 Å². The number of epoxide rings is 1. The molecule has 1 aliphatic rings. The van der Waals surface area contributed by atoms with Crippen LogP contribution in [0.4, 0.5) is 0 Å². The van der Waals surface area contributed by atoms with E-state index in [-0.39, 0.29) is 6.10 Å². The first-order valence-electron chi connectivity index (χ1n) is 3.16. The quantitative estimate of drug-likeness (QED) is 0.473. The zero-order valence-electron chi connectivity index (χ0n) is 6.03. The van der Waals surface area contributed by atoms with E-state index in [2.05, 4.69) is 4.74 Å². The van der Waals surface area contributed by atoms with Crippen molar-refractivity contribution in [3.05, 3.63) is 0 Å². The van der Waals surface area contributed by atoms with E-state index in [1.807, 2.05) is 13.8 Å². The normalized spacial score (nSPS) is 26.7. The molecule has 1 nitrogen and oxygen atoms in total. The monoisotopic (exact) mass is 204 g/mol. The van der Waals surface area contributed by atoms with Gasteiger partial charge in [-0.3, -0.25) is 0 Å². The van der Waals surface area contributed by atoms with Crippen LogP contribution in [0.15, 0.2) is 0 Å². The van der Waals surface area contributed by atoms with Crippen LogP contribution in [0.2, 0.25) is 0 Å². The van der Waals surface area contributed by atoms with Gasteiger partial charge in [0.05, 0.1) is 0 Å². The third kappa shape index (κ3) is 4.62. The number of hydrogen-bond donors (Lipinski definition) is 0. The molecule has 0 N–H and O–H groups in total. The van der Waals surface area contributed by atoms with E-state index in [0.29, 0.717) is 0 Å². The van der Waals surface area contributed by atoms with Crippen molar-refractivity contribution in [1.29, 1.82) is 0 Å². The van der Waals surface area contributed by atoms with Gasteiger partial charge in [0.1, 0.15) is 6.10 Å². The van der Waals surface area contributed by atoms with Gasteiger partial charge < -0.3 is 4.74 Å². The second kappa shape index (κ2) is 4.66. The minimum Gasteiger partial charge on any atom is -0.336 e. The second-order valence-electron chi connectivity index (χ2n) is 2.01. The summed E-state index contributed by atoms with van der Waals surface area (Å²) in [6, 6.07) is 0. The maximum Gasteiger partial charge on any atom is 0.244 e. The van der Waals surface area contributed by atoms with Gasteiger partial charge in [0.25, 0.3) is 0 Å². The number of ether oxygens (including phenoxy) is 1. The largest absolute Gasteiger partial charge is 0.336 e. The number of hydrogen-bond acceptors (Lipinski definition) is 1. The van der Waals surface area contributed by atoms with E-state index in [1.54, 1.807) is 0 Å². The maximum atomic E-state index is 5.33. The zero-order chi connectivity index (χ0) is 8.20. The summed E-state index contributed by atoms with van der Waals surface area (Å²) in [5.74, 6) is 0.792. The summed E-state index contributed by atoms with van der Waals surface area (Å²) >= 11 is 15.9. The Morgan fingerprint density at radius 2 is 1.70 bits per heavy atom. The van der Waals surface area contributed by atoms with E-state index in [9.17, 15) is 0 Å². The van der Waals surface area contributed by atoms with Gasteiger partial charge in [-0.2, -0.15) is 0 Å². The van der Waals surface area contributed by atoms with Gasteiger partial charge in [0.2, 0.25) is 4.52 Å². The molecule has 0 aromatic carbocycles. The topological polar surface area (TPSA) is 12.5 Å². The first-order valence-corrected chi connectivity index (χ1v) is 4.45. The van der Waals surface area contributed by atoms with Gasteiger partial charge in [-0.15, -0.1) is 11.6 Å². The van der Waals surface area contributed by atoms with Crippen LogP contribution in [0.3, 0.4) is 0 Å². The molecule has 1 unspecified atom stereocenters. The molecule has 0 amide bonds. The first kappa shape index (κ1) is 10.8. The molecule has 0 radical (unpaired) electrons. The lowest BCUT2D eigenvalue weighted by molar-refractivity contribution is 0.398. The summed E-state index contributed by atoms with van der Waals surface area (Å²) < 4.78 is 3.79. The number of rotatable bonds is 1. The zero-order valence-corrected chi connectivity index (χ0v) is 8.30. The predicted molar refractivity (Wildman–Crippen MR) is 46.0 cm³/mol. The summed E-state index contributed by atoms with van der Waals surface area (Å²) in [5, 5.41) is 0. The van der Waals surface area contributed by atoms with Crippen molar-refractivity contribution >= 4 is 34.8 Å². The van der Waals surface area contributed by atoms with Gasteiger partial charge in [0, 0.05) is 5.88 Å². The molecule has 1 saturated heterocycles. The molecule has 0 aromatic heterocycles. The van der Waals surface area contributed by atoms with Crippen LogP contribution >= 0.6 is 34.8 Å². The van der Waals surface area contributed by atoms with Crippen molar-refractivity contribution in [1.82, 2.24) is 0 Å². The first-order chi connectivity index (χ1) is 4.54. The molecular formula is C6H11Cl3O. The average Bonchev–Trinajstić information content (AvgIpc) is 2.39. The maximum absolute atomic E-state index is 5.33. The Labute approximate surface area is 76.6 Å². The molecular weight excluding hydrogens is 194 g/mol. The van der Waals surface area contributed by atoms with Gasteiger partial charge in [0.15, 0.2) is 0 Å². The summed E-state index contributed by atoms with van der Waals surface area (Å²) in [6.07, 6.45) is 1.11. The minimum atomic E-state index is -0.847. The van der Waals surface area contributed by atoms with E-state index >= 15 is 0 Å². The van der Waals surface area contributed by atoms with Crippen LogP contribution in [-0.4, -0.2) is 16.5 Å². The Hall–Kier alpha value is 0.830. The van der Waals surface area contributed by atoms with Crippen molar-refractivity contribution in [2.75, 3.05) is 5.88 Å². The van der Waals surface area contributed by atoms with Crippen LogP contribution in [0.1, 0.15) is 20.3 Å². The predicted octanol–water partition coefficient (Wildman–Crippen LogP) is 3.17. The fourth-order valence-corrected chi connectivity index (χ4v) is 0.469. The molecule has 0 spiro atoms. The molecule has 0 aromatic rings. The number of halogens is 3. The molecule has 1 atom stereocenters. The van der Waals surface area contributed by atoms with Gasteiger partial charge in [-0.25, -0.2) is 0 Å². The van der Waals surface area contributed by atoms with Gasteiger partial charge in [-0.05, 0) is 13.3 Å². The summed E-state index contributed by atoms with van der Waals surface area (Å²) in [7, 11) is 0. The smallest absolute Gasteiger partial charge is 0.244 e. The Morgan fingerprint density at radius 3 is 1.70 bits per heavy atom. The van der Waals surface area contributed by atoms with Crippen LogP contribution in [0.5, 0.6) is 0 Å². The Kier molecular flexibility index (Phi) is 5.04. The fraction of sp³-hybridized carbons (Fsp3) is 1.00. The summed E-state index contributed by atoms with van der Waals surface area (Å²) in [6.45, 7) is 3.87. The van der Waals surface area contributed by atoms with Crippen molar-refractivity contribution in [3.63, 3.8) is 0 Å². The average molecular weight is 206 g/mol. The van der Waals surface area contributed by atoms with Crippen molar-refractivity contribution in [2.45, 2.75) is 30.9 Å². The standard InChI is InChI=1S/C3H4Cl2O.C3H7Cl/c1-2-3(4,5)6-2;1-2-3-4/h2H,1H3;2-3H2,1H3. The summed E-state index contributed by atoms with van der Waals surface area (Å²) in [4.78, 5) is 0. The van der Waals surface area contributed by atoms with Crippen molar-refractivity contribution in [3.8, 4) is 0 Å². The molecule has 62 valence electrons. The SMILES string of the molecule is CC1OC1(Cl)Cl.CCCCl. The molecule has 1 fully saturated rings. The Bertz CT molecular complexity index is 93.0.